The Kier molecular flexibility index (Phi) is 4.96. The number of benzene rings is 1. The summed E-state index contributed by atoms with van der Waals surface area (Å²) in [6, 6.07) is 7.79. The number of nitrogens with one attached hydrogen (secondary N) is 2. The predicted molar refractivity (Wildman–Crippen MR) is 88.4 cm³/mol. The van der Waals surface area contributed by atoms with Gasteiger partial charge in [0.15, 0.2) is 6.54 Å². The molecule has 1 aromatic rings. The molecule has 1 aliphatic heterocycles. The SMILES string of the molecule is O=C(C[NH+]1CC[C@H]2CCCC[C@@H]2C1)Nc1ccccc1Br. The topological polar surface area (TPSA) is 33.5 Å². The van der Waals surface area contributed by atoms with Crippen molar-refractivity contribution in [2.24, 2.45) is 11.8 Å². The van der Waals surface area contributed by atoms with E-state index in [1.54, 1.807) is 0 Å². The summed E-state index contributed by atoms with van der Waals surface area (Å²) in [5.41, 5.74) is 0.870. The Bertz CT molecular complexity index is 505. The highest BCUT2D eigenvalue weighted by atomic mass is 79.9. The van der Waals surface area contributed by atoms with Crippen molar-refractivity contribution in [3.05, 3.63) is 28.7 Å². The molecule has 114 valence electrons. The minimum atomic E-state index is 0.131. The van der Waals surface area contributed by atoms with E-state index in [1.807, 2.05) is 24.3 Å². The fourth-order valence-electron chi connectivity index (χ4n) is 3.94. The van der Waals surface area contributed by atoms with Gasteiger partial charge in [-0.25, -0.2) is 0 Å². The van der Waals surface area contributed by atoms with Crippen LogP contribution in [0.25, 0.3) is 0 Å². The largest absolute Gasteiger partial charge is 0.327 e. The smallest absolute Gasteiger partial charge is 0.279 e. The van der Waals surface area contributed by atoms with Crippen molar-refractivity contribution in [2.45, 2.75) is 32.1 Å². The van der Waals surface area contributed by atoms with Gasteiger partial charge in [-0.2, -0.15) is 0 Å². The average Bonchev–Trinajstić information content (AvgIpc) is 2.49. The fourth-order valence-corrected chi connectivity index (χ4v) is 4.32. The number of carbonyl (C=O) groups is 1. The highest BCUT2D eigenvalue weighted by Crippen LogP contribution is 2.32. The van der Waals surface area contributed by atoms with Crippen molar-refractivity contribution in [3.8, 4) is 0 Å². The van der Waals surface area contributed by atoms with Crippen molar-refractivity contribution in [2.75, 3.05) is 25.0 Å². The normalized spacial score (nSPS) is 28.7. The average molecular weight is 352 g/mol. The van der Waals surface area contributed by atoms with Crippen molar-refractivity contribution in [3.63, 3.8) is 0 Å². The van der Waals surface area contributed by atoms with Gasteiger partial charge in [0.1, 0.15) is 0 Å². The summed E-state index contributed by atoms with van der Waals surface area (Å²) in [5, 5.41) is 3.02. The van der Waals surface area contributed by atoms with E-state index in [9.17, 15) is 4.79 Å². The number of anilines is 1. The highest BCUT2D eigenvalue weighted by Gasteiger charge is 2.34. The molecule has 2 N–H and O–H groups in total. The van der Waals surface area contributed by atoms with E-state index in [1.165, 1.54) is 43.5 Å². The minimum Gasteiger partial charge on any atom is -0.327 e. The molecule has 1 saturated heterocycles. The van der Waals surface area contributed by atoms with Gasteiger partial charge in [-0.05, 0) is 53.2 Å². The van der Waals surface area contributed by atoms with Gasteiger partial charge in [-0.3, -0.25) is 4.79 Å². The van der Waals surface area contributed by atoms with E-state index >= 15 is 0 Å². The molecule has 0 bridgehead atoms. The quantitative estimate of drug-likeness (QED) is 0.861. The predicted octanol–water partition coefficient (Wildman–Crippen LogP) is 2.48. The molecule has 1 amide bonds. The first-order valence-electron chi connectivity index (χ1n) is 8.10. The van der Waals surface area contributed by atoms with Crippen LogP contribution in [0.4, 0.5) is 5.69 Å². The zero-order valence-electron chi connectivity index (χ0n) is 12.4. The first-order chi connectivity index (χ1) is 10.2. The number of halogens is 1. The van der Waals surface area contributed by atoms with Crippen LogP contribution in [0.15, 0.2) is 28.7 Å². The van der Waals surface area contributed by atoms with Crippen LogP contribution in [0.5, 0.6) is 0 Å². The van der Waals surface area contributed by atoms with Crippen molar-refractivity contribution < 1.29 is 9.69 Å². The van der Waals surface area contributed by atoms with E-state index < -0.39 is 0 Å². The molecule has 2 aliphatic rings. The molecule has 3 nitrogen and oxygen atoms in total. The molecular weight excluding hydrogens is 328 g/mol. The molecule has 4 heteroatoms. The number of hydrogen-bond donors (Lipinski definition) is 2. The molecule has 0 aromatic heterocycles. The molecule has 0 spiro atoms. The Morgan fingerprint density at radius 2 is 1.95 bits per heavy atom. The third-order valence-corrected chi connectivity index (χ3v) is 5.74. The lowest BCUT2D eigenvalue weighted by Crippen LogP contribution is -3.15. The van der Waals surface area contributed by atoms with Crippen LogP contribution >= 0.6 is 15.9 Å². The fraction of sp³-hybridized carbons (Fsp3) is 0.588. The number of carbonyl (C=O) groups excluding carboxylic acids is 1. The van der Waals surface area contributed by atoms with Crippen LogP contribution < -0.4 is 10.2 Å². The van der Waals surface area contributed by atoms with Gasteiger partial charge in [0.25, 0.3) is 5.91 Å². The molecule has 1 aliphatic carbocycles. The lowest BCUT2D eigenvalue weighted by Gasteiger charge is -2.38. The van der Waals surface area contributed by atoms with Gasteiger partial charge < -0.3 is 10.2 Å². The van der Waals surface area contributed by atoms with E-state index in [0.29, 0.717) is 6.54 Å². The molecule has 0 radical (unpaired) electrons. The molecule has 1 unspecified atom stereocenters. The number of rotatable bonds is 3. The second-order valence-electron chi connectivity index (χ2n) is 6.50. The zero-order valence-corrected chi connectivity index (χ0v) is 14.0. The zero-order chi connectivity index (χ0) is 14.7. The monoisotopic (exact) mass is 351 g/mol. The van der Waals surface area contributed by atoms with Crippen LogP contribution in [0, 0.1) is 11.8 Å². The Balaban J connectivity index is 1.52. The van der Waals surface area contributed by atoms with E-state index in [2.05, 4.69) is 21.2 Å². The van der Waals surface area contributed by atoms with Crippen LogP contribution in [0.2, 0.25) is 0 Å². The summed E-state index contributed by atoms with van der Waals surface area (Å²) in [6.07, 6.45) is 6.90. The van der Waals surface area contributed by atoms with Crippen LogP contribution in [0.3, 0.4) is 0 Å². The van der Waals surface area contributed by atoms with E-state index in [-0.39, 0.29) is 5.91 Å². The maximum atomic E-state index is 12.2. The molecule has 1 saturated carbocycles. The lowest BCUT2D eigenvalue weighted by atomic mass is 9.75. The number of piperidine rings is 1. The summed E-state index contributed by atoms with van der Waals surface area (Å²) in [6.45, 7) is 2.95. The Hall–Kier alpha value is -0.870. The van der Waals surface area contributed by atoms with Gasteiger partial charge in [0.2, 0.25) is 0 Å². The summed E-state index contributed by atoms with van der Waals surface area (Å²) in [7, 11) is 0. The Labute approximate surface area is 135 Å². The standard InChI is InChI=1S/C17H23BrN2O/c18-15-7-3-4-8-16(15)19-17(21)12-20-10-9-13-5-1-2-6-14(13)11-20/h3-4,7-8,13-14H,1-2,5-6,9-12H2,(H,19,21)/p+1/t13-,14-/m1/s1. The molecule has 21 heavy (non-hydrogen) atoms. The summed E-state index contributed by atoms with van der Waals surface area (Å²) in [4.78, 5) is 13.7. The lowest BCUT2D eigenvalue weighted by molar-refractivity contribution is -0.902. The Morgan fingerprint density at radius 3 is 2.76 bits per heavy atom. The third kappa shape index (κ3) is 3.86. The van der Waals surface area contributed by atoms with Crippen molar-refractivity contribution in [1.29, 1.82) is 0 Å². The van der Waals surface area contributed by atoms with Gasteiger partial charge >= 0.3 is 0 Å². The highest BCUT2D eigenvalue weighted by molar-refractivity contribution is 9.10. The van der Waals surface area contributed by atoms with Gasteiger partial charge in [0.05, 0.1) is 18.8 Å². The van der Waals surface area contributed by atoms with E-state index in [0.717, 1.165) is 28.5 Å². The minimum absolute atomic E-state index is 0.131. The molecule has 3 atom stereocenters. The second-order valence-corrected chi connectivity index (χ2v) is 7.36. The number of hydrogen-bond acceptors (Lipinski definition) is 1. The summed E-state index contributed by atoms with van der Waals surface area (Å²) >= 11 is 3.47. The number of para-hydroxylation sites is 1. The first kappa shape index (κ1) is 15.0. The molecule has 3 rings (SSSR count). The third-order valence-electron chi connectivity index (χ3n) is 5.04. The van der Waals surface area contributed by atoms with Crippen LogP contribution in [-0.4, -0.2) is 25.5 Å². The maximum Gasteiger partial charge on any atom is 0.279 e. The molecule has 1 heterocycles. The van der Waals surface area contributed by atoms with Crippen molar-refractivity contribution in [1.82, 2.24) is 0 Å². The van der Waals surface area contributed by atoms with Gasteiger partial charge in [-0.15, -0.1) is 0 Å². The number of likely N-dealkylation sites (tertiary alicyclic amines) is 1. The van der Waals surface area contributed by atoms with E-state index in [4.69, 9.17) is 0 Å². The first-order valence-corrected chi connectivity index (χ1v) is 8.89. The number of quaternary nitrogens is 1. The molecular formula is C17H24BrN2O+. The van der Waals surface area contributed by atoms with Crippen molar-refractivity contribution >= 4 is 27.5 Å². The van der Waals surface area contributed by atoms with Crippen LogP contribution in [0.1, 0.15) is 32.1 Å². The molecule has 2 fully saturated rings. The van der Waals surface area contributed by atoms with Gasteiger partial charge in [-0.1, -0.05) is 25.0 Å². The summed E-state index contributed by atoms with van der Waals surface area (Å²) in [5.74, 6) is 1.93. The van der Waals surface area contributed by atoms with Crippen LogP contribution in [-0.2, 0) is 4.79 Å². The number of amides is 1. The number of fused-ring (bicyclic) bond motifs is 1. The summed E-state index contributed by atoms with van der Waals surface area (Å²) < 4.78 is 0.944. The Morgan fingerprint density at radius 1 is 1.19 bits per heavy atom. The maximum absolute atomic E-state index is 12.2. The second kappa shape index (κ2) is 6.93. The molecule has 1 aromatic carbocycles. The van der Waals surface area contributed by atoms with Gasteiger partial charge in [0, 0.05) is 10.4 Å².